The number of halogens is 1. The van der Waals surface area contributed by atoms with Crippen molar-refractivity contribution < 1.29 is 4.39 Å². The fraction of sp³-hybridized carbons (Fsp3) is 0.294. The number of hydrogen-bond acceptors (Lipinski definition) is 1. The SMILES string of the molecule is CC1CCC(N)(c2ccccc2F)c2ccccc21. The van der Waals surface area contributed by atoms with Crippen molar-refractivity contribution in [2.75, 3.05) is 0 Å². The Morgan fingerprint density at radius 1 is 1.05 bits per heavy atom. The van der Waals surface area contributed by atoms with Crippen molar-refractivity contribution in [3.63, 3.8) is 0 Å². The van der Waals surface area contributed by atoms with Gasteiger partial charge in [0.05, 0.1) is 5.54 Å². The summed E-state index contributed by atoms with van der Waals surface area (Å²) in [5.74, 6) is 0.272. The van der Waals surface area contributed by atoms with Crippen LogP contribution < -0.4 is 5.73 Å². The minimum atomic E-state index is -0.700. The van der Waals surface area contributed by atoms with Gasteiger partial charge in [-0.3, -0.25) is 0 Å². The van der Waals surface area contributed by atoms with Gasteiger partial charge < -0.3 is 5.73 Å². The molecule has 0 radical (unpaired) electrons. The molecule has 2 atom stereocenters. The molecule has 19 heavy (non-hydrogen) atoms. The summed E-state index contributed by atoms with van der Waals surface area (Å²) in [6.07, 6.45) is 1.77. The highest BCUT2D eigenvalue weighted by Crippen LogP contribution is 2.43. The molecule has 1 nitrogen and oxygen atoms in total. The molecule has 2 unspecified atom stereocenters. The van der Waals surface area contributed by atoms with Gasteiger partial charge in [-0.2, -0.15) is 0 Å². The molecular weight excluding hydrogens is 237 g/mol. The number of hydrogen-bond donors (Lipinski definition) is 1. The normalized spacial score (nSPS) is 25.9. The molecule has 0 saturated heterocycles. The average Bonchev–Trinajstić information content (AvgIpc) is 2.44. The van der Waals surface area contributed by atoms with Gasteiger partial charge in [-0.15, -0.1) is 0 Å². The lowest BCUT2D eigenvalue weighted by atomic mass is 9.69. The lowest BCUT2D eigenvalue weighted by Gasteiger charge is -2.39. The van der Waals surface area contributed by atoms with E-state index in [1.54, 1.807) is 6.07 Å². The molecule has 0 spiro atoms. The van der Waals surface area contributed by atoms with Gasteiger partial charge in [-0.25, -0.2) is 4.39 Å². The van der Waals surface area contributed by atoms with Gasteiger partial charge >= 0.3 is 0 Å². The first-order chi connectivity index (χ1) is 9.13. The summed E-state index contributed by atoms with van der Waals surface area (Å²) in [6, 6.07) is 15.0. The molecule has 2 heteroatoms. The third-order valence-corrected chi connectivity index (χ3v) is 4.30. The van der Waals surface area contributed by atoms with E-state index in [-0.39, 0.29) is 5.82 Å². The maximum absolute atomic E-state index is 14.1. The van der Waals surface area contributed by atoms with E-state index in [1.807, 2.05) is 30.3 Å². The van der Waals surface area contributed by atoms with Crippen LogP contribution in [0.25, 0.3) is 0 Å². The second kappa shape index (κ2) is 4.46. The molecule has 2 aromatic rings. The molecule has 0 aliphatic heterocycles. The molecule has 0 saturated carbocycles. The Hall–Kier alpha value is -1.67. The van der Waals surface area contributed by atoms with Crippen LogP contribution in [0.1, 0.15) is 42.4 Å². The summed E-state index contributed by atoms with van der Waals surface area (Å²) < 4.78 is 14.1. The molecular formula is C17H18FN. The standard InChI is InChI=1S/C17H18FN/c1-12-10-11-17(19,14-7-3-2-6-13(12)14)15-8-4-5-9-16(15)18/h2-9,12H,10-11,19H2,1H3. The van der Waals surface area contributed by atoms with Crippen molar-refractivity contribution in [2.45, 2.75) is 31.2 Å². The Balaban J connectivity index is 2.21. The van der Waals surface area contributed by atoms with Crippen molar-refractivity contribution in [3.05, 3.63) is 71.0 Å². The van der Waals surface area contributed by atoms with Crippen LogP contribution in [0.3, 0.4) is 0 Å². The molecule has 0 aromatic heterocycles. The molecule has 0 bridgehead atoms. The van der Waals surface area contributed by atoms with E-state index in [0.29, 0.717) is 11.5 Å². The quantitative estimate of drug-likeness (QED) is 0.821. The molecule has 1 aliphatic carbocycles. The van der Waals surface area contributed by atoms with Gasteiger partial charge in [0.1, 0.15) is 5.82 Å². The van der Waals surface area contributed by atoms with Crippen LogP contribution in [0.2, 0.25) is 0 Å². The predicted molar refractivity (Wildman–Crippen MR) is 75.5 cm³/mol. The predicted octanol–water partition coefficient (Wildman–Crippen LogP) is 3.93. The lowest BCUT2D eigenvalue weighted by Crippen LogP contribution is -2.42. The molecule has 0 fully saturated rings. The van der Waals surface area contributed by atoms with Crippen molar-refractivity contribution >= 4 is 0 Å². The fourth-order valence-corrected chi connectivity index (χ4v) is 3.17. The molecule has 1 aliphatic rings. The third kappa shape index (κ3) is 1.87. The first kappa shape index (κ1) is 12.4. The highest BCUT2D eigenvalue weighted by atomic mass is 19.1. The number of nitrogens with two attached hydrogens (primary N) is 1. The second-order valence-corrected chi connectivity index (χ2v) is 5.48. The smallest absolute Gasteiger partial charge is 0.128 e. The summed E-state index contributed by atoms with van der Waals surface area (Å²) in [5, 5.41) is 0. The largest absolute Gasteiger partial charge is 0.318 e. The summed E-state index contributed by atoms with van der Waals surface area (Å²) in [7, 11) is 0. The summed E-state index contributed by atoms with van der Waals surface area (Å²) in [6.45, 7) is 2.21. The zero-order chi connectivity index (χ0) is 13.5. The van der Waals surface area contributed by atoms with Crippen molar-refractivity contribution in [3.8, 4) is 0 Å². The van der Waals surface area contributed by atoms with Gasteiger partial charge in [0.15, 0.2) is 0 Å². The summed E-state index contributed by atoms with van der Waals surface area (Å²) >= 11 is 0. The maximum atomic E-state index is 14.1. The Morgan fingerprint density at radius 2 is 1.68 bits per heavy atom. The minimum absolute atomic E-state index is 0.214. The zero-order valence-electron chi connectivity index (χ0n) is 11.1. The molecule has 0 heterocycles. The highest BCUT2D eigenvalue weighted by molar-refractivity contribution is 5.46. The van der Waals surface area contributed by atoms with Crippen LogP contribution in [-0.4, -0.2) is 0 Å². The van der Waals surface area contributed by atoms with Gasteiger partial charge in [0, 0.05) is 5.56 Å². The van der Waals surface area contributed by atoms with Gasteiger partial charge in [0.2, 0.25) is 0 Å². The number of fused-ring (bicyclic) bond motifs is 1. The van der Waals surface area contributed by atoms with E-state index in [0.717, 1.165) is 18.4 Å². The number of rotatable bonds is 1. The van der Waals surface area contributed by atoms with Crippen LogP contribution in [0.15, 0.2) is 48.5 Å². The van der Waals surface area contributed by atoms with Crippen LogP contribution in [0, 0.1) is 5.82 Å². The highest BCUT2D eigenvalue weighted by Gasteiger charge is 2.38. The monoisotopic (exact) mass is 255 g/mol. The van der Waals surface area contributed by atoms with Gasteiger partial charge in [0.25, 0.3) is 0 Å². The van der Waals surface area contributed by atoms with Crippen molar-refractivity contribution in [1.82, 2.24) is 0 Å². The molecule has 2 aromatic carbocycles. The fourth-order valence-electron chi connectivity index (χ4n) is 3.17. The second-order valence-electron chi connectivity index (χ2n) is 5.48. The molecule has 2 N–H and O–H groups in total. The van der Waals surface area contributed by atoms with E-state index < -0.39 is 5.54 Å². The van der Waals surface area contributed by atoms with Crippen LogP contribution >= 0.6 is 0 Å². The Morgan fingerprint density at radius 3 is 2.42 bits per heavy atom. The molecule has 0 amide bonds. The number of benzene rings is 2. The first-order valence-electron chi connectivity index (χ1n) is 6.76. The first-order valence-corrected chi connectivity index (χ1v) is 6.76. The maximum Gasteiger partial charge on any atom is 0.128 e. The van der Waals surface area contributed by atoms with E-state index in [9.17, 15) is 4.39 Å². The van der Waals surface area contributed by atoms with Gasteiger partial charge in [-0.1, -0.05) is 49.4 Å². The zero-order valence-corrected chi connectivity index (χ0v) is 11.1. The summed E-state index contributed by atoms with van der Waals surface area (Å²) in [5.41, 5.74) is 8.84. The van der Waals surface area contributed by atoms with Crippen LogP contribution in [0.5, 0.6) is 0 Å². The average molecular weight is 255 g/mol. The lowest BCUT2D eigenvalue weighted by molar-refractivity contribution is 0.396. The van der Waals surface area contributed by atoms with E-state index in [1.165, 1.54) is 11.6 Å². The molecule has 98 valence electrons. The topological polar surface area (TPSA) is 26.0 Å². The third-order valence-electron chi connectivity index (χ3n) is 4.30. The van der Waals surface area contributed by atoms with Crippen LogP contribution in [0.4, 0.5) is 4.39 Å². The van der Waals surface area contributed by atoms with Crippen LogP contribution in [-0.2, 0) is 5.54 Å². The van der Waals surface area contributed by atoms with E-state index in [4.69, 9.17) is 5.73 Å². The van der Waals surface area contributed by atoms with Crippen molar-refractivity contribution in [1.29, 1.82) is 0 Å². The van der Waals surface area contributed by atoms with E-state index >= 15 is 0 Å². The Bertz CT molecular complexity index is 608. The van der Waals surface area contributed by atoms with Gasteiger partial charge in [-0.05, 0) is 36.0 Å². The minimum Gasteiger partial charge on any atom is -0.318 e. The summed E-state index contributed by atoms with van der Waals surface area (Å²) in [4.78, 5) is 0. The van der Waals surface area contributed by atoms with E-state index in [2.05, 4.69) is 13.0 Å². The van der Waals surface area contributed by atoms with Crippen molar-refractivity contribution in [2.24, 2.45) is 5.73 Å². The molecule has 3 rings (SSSR count). The Kier molecular flexibility index (Phi) is 2.90. The Labute approximate surface area is 113 Å².